The molecule has 42 heavy (non-hydrogen) atoms. The highest BCUT2D eigenvalue weighted by molar-refractivity contribution is 5.90. The molecule has 0 saturated carbocycles. The lowest BCUT2D eigenvalue weighted by atomic mass is 10.0. The normalized spacial score (nSPS) is 16.1. The zero-order valence-corrected chi connectivity index (χ0v) is 25.7. The first-order valence-electron chi connectivity index (χ1n) is 15.7. The number of carbonyl (C=O) groups excluding carboxylic acids is 4. The standard InChI is InChI=1S/C31H52O11/c1-4-7-8-9-10-11-12-13-14-15-16-17-18-19-27(36)38-20-23(32)21-40-30-29(41-26(35)6-3)28(42-31(30)37)24(33)22-39-25(34)5-2/h23-24,28,32-33H,4-22H2,1-3H3. The Bertz CT molecular complexity index is 839. The lowest BCUT2D eigenvalue weighted by Crippen LogP contribution is -2.34. The zero-order chi connectivity index (χ0) is 31.2. The molecule has 0 fully saturated rings. The van der Waals surface area contributed by atoms with E-state index < -0.39 is 61.2 Å². The molecule has 0 bridgehead atoms. The number of aliphatic hydroxyl groups excluding tert-OH is 2. The largest absolute Gasteiger partial charge is 0.481 e. The Hall–Kier alpha value is -2.66. The maximum Gasteiger partial charge on any atom is 0.378 e. The number of hydrogen-bond donors (Lipinski definition) is 2. The molecule has 0 amide bonds. The third kappa shape index (κ3) is 16.1. The van der Waals surface area contributed by atoms with E-state index in [4.69, 9.17) is 23.7 Å². The average molecular weight is 601 g/mol. The van der Waals surface area contributed by atoms with E-state index in [9.17, 15) is 29.4 Å². The van der Waals surface area contributed by atoms with Crippen LogP contribution in [-0.4, -0.2) is 72.2 Å². The number of carbonyl (C=O) groups is 4. The summed E-state index contributed by atoms with van der Waals surface area (Å²) in [7, 11) is 0. The molecule has 3 unspecified atom stereocenters. The molecule has 1 aliphatic heterocycles. The van der Waals surface area contributed by atoms with Gasteiger partial charge >= 0.3 is 23.9 Å². The van der Waals surface area contributed by atoms with Crippen molar-refractivity contribution in [1.29, 1.82) is 0 Å². The van der Waals surface area contributed by atoms with Gasteiger partial charge in [0.05, 0.1) is 0 Å². The molecule has 0 saturated heterocycles. The van der Waals surface area contributed by atoms with Crippen LogP contribution in [0, 0.1) is 0 Å². The van der Waals surface area contributed by atoms with Gasteiger partial charge in [0.25, 0.3) is 0 Å². The van der Waals surface area contributed by atoms with Crippen LogP contribution in [0.25, 0.3) is 0 Å². The molecule has 1 rings (SSSR count). The molecule has 1 heterocycles. The SMILES string of the molecule is CCCCCCCCCCCCCCCC(=O)OCC(O)COC1=C(OC(=O)CC)C(C(O)COC(=O)CC)OC1=O. The minimum absolute atomic E-state index is 0.0313. The molecule has 0 spiro atoms. The highest BCUT2D eigenvalue weighted by atomic mass is 16.6. The van der Waals surface area contributed by atoms with Gasteiger partial charge in [-0.15, -0.1) is 0 Å². The van der Waals surface area contributed by atoms with Crippen molar-refractivity contribution in [2.75, 3.05) is 19.8 Å². The maximum absolute atomic E-state index is 12.4. The lowest BCUT2D eigenvalue weighted by molar-refractivity contribution is -0.157. The molecule has 242 valence electrons. The van der Waals surface area contributed by atoms with Crippen LogP contribution in [0.1, 0.15) is 124 Å². The number of esters is 4. The van der Waals surface area contributed by atoms with E-state index in [2.05, 4.69) is 6.92 Å². The monoisotopic (exact) mass is 600 g/mol. The van der Waals surface area contributed by atoms with Gasteiger partial charge in [0.15, 0.2) is 6.10 Å². The van der Waals surface area contributed by atoms with Crippen LogP contribution in [0.4, 0.5) is 0 Å². The summed E-state index contributed by atoms with van der Waals surface area (Å²) in [6, 6.07) is 0. The molecule has 2 N–H and O–H groups in total. The Balaban J connectivity index is 2.33. The maximum atomic E-state index is 12.4. The second kappa shape index (κ2) is 22.9. The van der Waals surface area contributed by atoms with Gasteiger partial charge in [-0.2, -0.15) is 0 Å². The van der Waals surface area contributed by atoms with E-state index >= 15 is 0 Å². The summed E-state index contributed by atoms with van der Waals surface area (Å²) >= 11 is 0. The Morgan fingerprint density at radius 2 is 1.24 bits per heavy atom. The van der Waals surface area contributed by atoms with Gasteiger partial charge in [0, 0.05) is 19.3 Å². The highest BCUT2D eigenvalue weighted by Crippen LogP contribution is 2.28. The van der Waals surface area contributed by atoms with Crippen molar-refractivity contribution < 1.29 is 53.1 Å². The third-order valence-electron chi connectivity index (χ3n) is 6.81. The summed E-state index contributed by atoms with van der Waals surface area (Å²) in [4.78, 5) is 47.7. The van der Waals surface area contributed by atoms with Gasteiger partial charge in [0.1, 0.15) is 32.0 Å². The van der Waals surface area contributed by atoms with Gasteiger partial charge in [-0.25, -0.2) is 4.79 Å². The predicted octanol–water partition coefficient (Wildman–Crippen LogP) is 4.79. The van der Waals surface area contributed by atoms with Crippen LogP contribution in [0.15, 0.2) is 11.5 Å². The van der Waals surface area contributed by atoms with Gasteiger partial charge in [-0.05, 0) is 6.42 Å². The number of ether oxygens (including phenoxy) is 5. The van der Waals surface area contributed by atoms with E-state index in [1.807, 2.05) is 0 Å². The fourth-order valence-corrected chi connectivity index (χ4v) is 4.28. The van der Waals surface area contributed by atoms with E-state index in [0.717, 1.165) is 19.3 Å². The van der Waals surface area contributed by atoms with Crippen LogP contribution in [0.3, 0.4) is 0 Å². The van der Waals surface area contributed by atoms with Crippen LogP contribution >= 0.6 is 0 Å². The lowest BCUT2D eigenvalue weighted by Gasteiger charge is -2.19. The van der Waals surface area contributed by atoms with E-state index in [1.165, 1.54) is 64.7 Å². The Morgan fingerprint density at radius 1 is 0.714 bits per heavy atom. The van der Waals surface area contributed by atoms with Gasteiger partial charge in [0.2, 0.25) is 11.5 Å². The van der Waals surface area contributed by atoms with Crippen molar-refractivity contribution in [2.24, 2.45) is 0 Å². The number of aliphatic hydroxyl groups is 2. The molecule has 0 aromatic rings. The molecule has 0 radical (unpaired) electrons. The zero-order valence-electron chi connectivity index (χ0n) is 25.7. The summed E-state index contributed by atoms with van der Waals surface area (Å²) < 4.78 is 25.6. The third-order valence-corrected chi connectivity index (χ3v) is 6.81. The Kier molecular flexibility index (Phi) is 20.4. The van der Waals surface area contributed by atoms with Gasteiger partial charge in [-0.3, -0.25) is 14.4 Å². The predicted molar refractivity (Wildman–Crippen MR) is 154 cm³/mol. The summed E-state index contributed by atoms with van der Waals surface area (Å²) in [6.45, 7) is 4.04. The number of unbranched alkanes of at least 4 members (excludes halogenated alkanes) is 12. The van der Waals surface area contributed by atoms with Crippen LogP contribution < -0.4 is 0 Å². The van der Waals surface area contributed by atoms with Crippen molar-refractivity contribution in [3.8, 4) is 0 Å². The van der Waals surface area contributed by atoms with Crippen molar-refractivity contribution >= 4 is 23.9 Å². The molecule has 11 nitrogen and oxygen atoms in total. The van der Waals surface area contributed by atoms with Crippen LogP contribution in [0.2, 0.25) is 0 Å². The molecule has 0 aliphatic carbocycles. The summed E-state index contributed by atoms with van der Waals surface area (Å²) in [5.74, 6) is -3.61. The van der Waals surface area contributed by atoms with Crippen molar-refractivity contribution in [3.05, 3.63) is 11.5 Å². The van der Waals surface area contributed by atoms with Crippen LogP contribution in [0.5, 0.6) is 0 Å². The minimum atomic E-state index is -1.51. The fraction of sp³-hybridized carbons (Fsp3) is 0.806. The van der Waals surface area contributed by atoms with Crippen molar-refractivity contribution in [1.82, 2.24) is 0 Å². The van der Waals surface area contributed by atoms with E-state index in [0.29, 0.717) is 6.42 Å². The fourth-order valence-electron chi connectivity index (χ4n) is 4.28. The Labute approximate surface area is 250 Å². The topological polar surface area (TPSA) is 155 Å². The Morgan fingerprint density at radius 3 is 1.79 bits per heavy atom. The number of hydrogen-bond acceptors (Lipinski definition) is 11. The second-order valence-electron chi connectivity index (χ2n) is 10.6. The molecular weight excluding hydrogens is 548 g/mol. The van der Waals surface area contributed by atoms with Crippen molar-refractivity contribution in [2.45, 2.75) is 142 Å². The average Bonchev–Trinajstić information content (AvgIpc) is 3.29. The van der Waals surface area contributed by atoms with Gasteiger partial charge in [-0.1, -0.05) is 97.8 Å². The molecule has 1 aliphatic rings. The number of rotatable bonds is 25. The quantitative estimate of drug-likeness (QED) is 0.0844. The minimum Gasteiger partial charge on any atom is -0.481 e. The summed E-state index contributed by atoms with van der Waals surface area (Å²) in [5.41, 5.74) is 0. The smallest absolute Gasteiger partial charge is 0.378 e. The molecule has 0 aromatic carbocycles. The van der Waals surface area contributed by atoms with Crippen molar-refractivity contribution in [3.63, 3.8) is 0 Å². The summed E-state index contributed by atoms with van der Waals surface area (Å²) in [5, 5.41) is 20.6. The second-order valence-corrected chi connectivity index (χ2v) is 10.6. The molecule has 0 aromatic heterocycles. The highest BCUT2D eigenvalue weighted by Gasteiger charge is 2.43. The van der Waals surface area contributed by atoms with Gasteiger partial charge < -0.3 is 33.9 Å². The number of cyclic esters (lactones) is 1. The van der Waals surface area contributed by atoms with E-state index in [1.54, 1.807) is 6.92 Å². The first kappa shape index (κ1) is 37.4. The first-order chi connectivity index (χ1) is 20.2. The molecule has 11 heteroatoms. The van der Waals surface area contributed by atoms with Crippen LogP contribution in [-0.2, 0) is 42.9 Å². The molecular formula is C31H52O11. The van der Waals surface area contributed by atoms with E-state index in [-0.39, 0.29) is 31.6 Å². The molecule has 3 atom stereocenters. The summed E-state index contributed by atoms with van der Waals surface area (Å²) in [6.07, 6.45) is 11.8. The first-order valence-corrected chi connectivity index (χ1v) is 15.7.